The second-order valence-corrected chi connectivity index (χ2v) is 8.34. The highest BCUT2D eigenvalue weighted by molar-refractivity contribution is 5.80. The van der Waals surface area contributed by atoms with Gasteiger partial charge in [0.15, 0.2) is 11.5 Å². The molecule has 0 bridgehead atoms. The number of aliphatic carboxylic acids is 1. The fourth-order valence-electron chi connectivity index (χ4n) is 4.94. The number of carboxylic acids is 1. The molecule has 3 aliphatic rings. The lowest BCUT2D eigenvalue weighted by Gasteiger charge is -2.34. The van der Waals surface area contributed by atoms with Crippen molar-refractivity contribution < 1.29 is 33.6 Å². The van der Waals surface area contributed by atoms with Crippen LogP contribution in [0.3, 0.4) is 0 Å². The van der Waals surface area contributed by atoms with Gasteiger partial charge in [0.05, 0.1) is 32.3 Å². The minimum atomic E-state index is -0.948. The summed E-state index contributed by atoms with van der Waals surface area (Å²) < 4.78 is 21.6. The molecule has 2 amide bonds. The van der Waals surface area contributed by atoms with E-state index in [1.165, 1.54) is 0 Å². The summed E-state index contributed by atoms with van der Waals surface area (Å²) in [5, 5.41) is 10.3. The van der Waals surface area contributed by atoms with E-state index in [9.17, 15) is 14.7 Å². The highest BCUT2D eigenvalue weighted by Gasteiger charge is 2.50. The zero-order chi connectivity index (χ0) is 22.9. The number of carbonyl (C=O) groups excluding carboxylic acids is 1. The Kier molecular flexibility index (Phi) is 5.72. The van der Waals surface area contributed by atoms with Crippen LogP contribution < -0.4 is 14.2 Å². The predicted molar refractivity (Wildman–Crippen MR) is 117 cm³/mol. The second-order valence-electron chi connectivity index (χ2n) is 8.34. The molecule has 174 valence electrons. The van der Waals surface area contributed by atoms with Gasteiger partial charge in [-0.25, -0.2) is 4.79 Å². The number of hydrogen-bond donors (Lipinski definition) is 1. The molecule has 0 unspecified atom stereocenters. The Morgan fingerprint density at radius 1 is 1.00 bits per heavy atom. The number of hydrogen-bond acceptors (Lipinski definition) is 6. The van der Waals surface area contributed by atoms with Crippen molar-refractivity contribution in [2.24, 2.45) is 5.92 Å². The molecule has 1 N–H and O–H groups in total. The van der Waals surface area contributed by atoms with Gasteiger partial charge in [-0.2, -0.15) is 0 Å². The lowest BCUT2D eigenvalue weighted by molar-refractivity contribution is -0.143. The average Bonchev–Trinajstić information content (AvgIpc) is 3.48. The first-order valence-corrected chi connectivity index (χ1v) is 11.0. The van der Waals surface area contributed by atoms with E-state index in [0.29, 0.717) is 43.6 Å². The molecule has 2 aromatic rings. The van der Waals surface area contributed by atoms with Gasteiger partial charge in [0.2, 0.25) is 6.79 Å². The summed E-state index contributed by atoms with van der Waals surface area (Å²) in [5.74, 6) is -0.289. The van der Waals surface area contributed by atoms with Crippen LogP contribution in [-0.2, 0) is 9.53 Å². The van der Waals surface area contributed by atoms with Gasteiger partial charge < -0.3 is 33.9 Å². The first-order chi connectivity index (χ1) is 16.1. The van der Waals surface area contributed by atoms with E-state index in [2.05, 4.69) is 0 Å². The molecule has 0 saturated carbocycles. The number of urea groups is 1. The minimum absolute atomic E-state index is 0.141. The van der Waals surface area contributed by atoms with Crippen LogP contribution in [0.5, 0.6) is 17.2 Å². The van der Waals surface area contributed by atoms with E-state index in [0.717, 1.165) is 11.1 Å². The van der Waals surface area contributed by atoms with E-state index < -0.39 is 23.8 Å². The van der Waals surface area contributed by atoms with Crippen molar-refractivity contribution >= 4 is 12.0 Å². The molecule has 3 heterocycles. The van der Waals surface area contributed by atoms with E-state index >= 15 is 0 Å². The Hall–Kier alpha value is -3.46. The van der Waals surface area contributed by atoms with Gasteiger partial charge in [0.25, 0.3) is 0 Å². The molecule has 5 rings (SSSR count). The quantitative estimate of drug-likeness (QED) is 0.759. The molecular weight excluding hydrogens is 428 g/mol. The Labute approximate surface area is 191 Å². The van der Waals surface area contributed by atoms with Crippen molar-refractivity contribution in [3.63, 3.8) is 0 Å². The highest BCUT2D eigenvalue weighted by atomic mass is 16.7. The standard InChI is InChI=1S/C24H26N2O7/c1-30-17-5-2-15(3-6-17)22-21(23(27)28)18(16-4-7-19-20(12-16)33-14-32-19)13-26(22)24(29)25-8-10-31-11-9-25/h2-7,12,18,21-22H,8-11,13-14H2,1H3,(H,27,28)/t18-,21-,22+/m0/s1. The number of ether oxygens (including phenoxy) is 4. The number of amides is 2. The van der Waals surface area contributed by atoms with Gasteiger partial charge in [-0.1, -0.05) is 18.2 Å². The molecule has 9 heteroatoms. The number of likely N-dealkylation sites (tertiary alicyclic amines) is 1. The monoisotopic (exact) mass is 454 g/mol. The molecule has 0 aliphatic carbocycles. The third-order valence-electron chi connectivity index (χ3n) is 6.60. The maximum Gasteiger partial charge on any atom is 0.320 e. The number of nitrogens with zero attached hydrogens (tertiary/aromatic N) is 2. The number of benzene rings is 2. The number of carboxylic acid groups (broad SMARTS) is 1. The number of methoxy groups -OCH3 is 1. The van der Waals surface area contributed by atoms with Crippen LogP contribution in [-0.4, -0.2) is 73.7 Å². The third kappa shape index (κ3) is 3.93. The van der Waals surface area contributed by atoms with Crippen LogP contribution in [0, 0.1) is 5.92 Å². The topological polar surface area (TPSA) is 97.8 Å². The lowest BCUT2D eigenvalue weighted by Crippen LogP contribution is -2.48. The second kappa shape index (κ2) is 8.82. The van der Waals surface area contributed by atoms with Crippen LogP contribution in [0.1, 0.15) is 23.1 Å². The predicted octanol–water partition coefficient (Wildman–Crippen LogP) is 2.72. The number of carbonyl (C=O) groups is 2. The van der Waals surface area contributed by atoms with Crippen molar-refractivity contribution in [1.29, 1.82) is 0 Å². The summed E-state index contributed by atoms with van der Waals surface area (Å²) in [6.45, 7) is 2.33. The van der Waals surface area contributed by atoms with Crippen LogP contribution in [0.4, 0.5) is 4.79 Å². The zero-order valence-electron chi connectivity index (χ0n) is 18.3. The number of rotatable bonds is 4. The lowest BCUT2D eigenvalue weighted by atomic mass is 9.83. The molecule has 9 nitrogen and oxygen atoms in total. The molecule has 33 heavy (non-hydrogen) atoms. The van der Waals surface area contributed by atoms with E-state index in [4.69, 9.17) is 18.9 Å². The first kappa shape index (κ1) is 21.4. The van der Waals surface area contributed by atoms with E-state index in [-0.39, 0.29) is 19.4 Å². The van der Waals surface area contributed by atoms with E-state index in [1.54, 1.807) is 35.1 Å². The Morgan fingerprint density at radius 3 is 2.39 bits per heavy atom. The SMILES string of the molecule is COc1ccc([C@@H]2[C@@H](C(=O)O)[C@H](c3ccc4c(c3)OCO4)CN2C(=O)N2CCOCC2)cc1. The zero-order valence-corrected chi connectivity index (χ0v) is 18.3. The summed E-state index contributed by atoms with van der Waals surface area (Å²) >= 11 is 0. The van der Waals surface area contributed by atoms with Crippen LogP contribution in [0.15, 0.2) is 42.5 Å². The van der Waals surface area contributed by atoms with Crippen LogP contribution >= 0.6 is 0 Å². The van der Waals surface area contributed by atoms with Gasteiger partial charge in [0, 0.05) is 25.6 Å². The van der Waals surface area contributed by atoms with Crippen molar-refractivity contribution in [3.05, 3.63) is 53.6 Å². The summed E-state index contributed by atoms with van der Waals surface area (Å²) in [4.78, 5) is 29.6. The minimum Gasteiger partial charge on any atom is -0.497 e. The maximum atomic E-state index is 13.6. The number of fused-ring (bicyclic) bond motifs is 1. The molecule has 0 spiro atoms. The van der Waals surface area contributed by atoms with Crippen LogP contribution in [0.2, 0.25) is 0 Å². The molecular formula is C24H26N2O7. The highest BCUT2D eigenvalue weighted by Crippen LogP contribution is 2.48. The fourth-order valence-corrected chi connectivity index (χ4v) is 4.94. The van der Waals surface area contributed by atoms with Crippen molar-refractivity contribution in [1.82, 2.24) is 9.80 Å². The van der Waals surface area contributed by atoms with Gasteiger partial charge in [-0.3, -0.25) is 4.79 Å². The normalized spacial score (nSPS) is 24.1. The third-order valence-corrected chi connectivity index (χ3v) is 6.60. The molecule has 0 radical (unpaired) electrons. The summed E-state index contributed by atoms with van der Waals surface area (Å²) in [7, 11) is 1.58. The largest absolute Gasteiger partial charge is 0.497 e. The van der Waals surface area contributed by atoms with Crippen LogP contribution in [0.25, 0.3) is 0 Å². The Bertz CT molecular complexity index is 1040. The van der Waals surface area contributed by atoms with Gasteiger partial charge >= 0.3 is 12.0 Å². The molecule has 2 aromatic carbocycles. The van der Waals surface area contributed by atoms with Gasteiger partial charge in [-0.05, 0) is 35.4 Å². The summed E-state index contributed by atoms with van der Waals surface area (Å²) in [6, 6.07) is 11.9. The van der Waals surface area contributed by atoms with Crippen molar-refractivity contribution in [2.75, 3.05) is 46.8 Å². The van der Waals surface area contributed by atoms with Crippen molar-refractivity contribution in [3.8, 4) is 17.2 Å². The average molecular weight is 454 g/mol. The smallest absolute Gasteiger partial charge is 0.320 e. The molecule has 2 saturated heterocycles. The Balaban J connectivity index is 1.54. The first-order valence-electron chi connectivity index (χ1n) is 11.0. The molecule has 3 aliphatic heterocycles. The molecule has 3 atom stereocenters. The summed E-state index contributed by atoms with van der Waals surface area (Å²) in [6.07, 6.45) is 0. The van der Waals surface area contributed by atoms with Crippen molar-refractivity contribution in [2.45, 2.75) is 12.0 Å². The molecule has 2 fully saturated rings. The van der Waals surface area contributed by atoms with Gasteiger partial charge in [0.1, 0.15) is 5.75 Å². The Morgan fingerprint density at radius 2 is 1.70 bits per heavy atom. The number of morpholine rings is 1. The fraction of sp³-hybridized carbons (Fsp3) is 0.417. The van der Waals surface area contributed by atoms with E-state index in [1.807, 2.05) is 24.3 Å². The van der Waals surface area contributed by atoms with Gasteiger partial charge in [-0.15, -0.1) is 0 Å². The maximum absolute atomic E-state index is 13.6. The summed E-state index contributed by atoms with van der Waals surface area (Å²) in [5.41, 5.74) is 1.57. The molecule has 0 aromatic heterocycles.